The summed E-state index contributed by atoms with van der Waals surface area (Å²) in [6.45, 7) is 1.29. The summed E-state index contributed by atoms with van der Waals surface area (Å²) in [7, 11) is 0. The molecule has 1 aromatic carbocycles. The van der Waals surface area contributed by atoms with Gasteiger partial charge in [-0.05, 0) is 37.7 Å². The summed E-state index contributed by atoms with van der Waals surface area (Å²) in [5.74, 6) is -1.65. The predicted octanol–water partition coefficient (Wildman–Crippen LogP) is 1.10. The van der Waals surface area contributed by atoms with Crippen LogP contribution in [0.1, 0.15) is 31.2 Å². The Morgan fingerprint density at radius 1 is 1.19 bits per heavy atom. The van der Waals surface area contributed by atoms with Gasteiger partial charge in [-0.2, -0.15) is 12.6 Å². The summed E-state index contributed by atoms with van der Waals surface area (Å²) < 4.78 is 0. The number of hydrogen-bond acceptors (Lipinski definition) is 5. The molecule has 2 heterocycles. The van der Waals surface area contributed by atoms with Crippen LogP contribution in [0.3, 0.4) is 0 Å². The third-order valence-electron chi connectivity index (χ3n) is 5.10. The van der Waals surface area contributed by atoms with Crippen molar-refractivity contribution in [3.05, 3.63) is 35.9 Å². The van der Waals surface area contributed by atoms with Gasteiger partial charge in [0.1, 0.15) is 12.1 Å². The van der Waals surface area contributed by atoms with Crippen molar-refractivity contribution < 1.29 is 19.5 Å². The van der Waals surface area contributed by atoms with Gasteiger partial charge in [0, 0.05) is 13.1 Å². The lowest BCUT2D eigenvalue weighted by Gasteiger charge is -2.42. The number of carbonyl (C=O) groups is 3. The maximum absolute atomic E-state index is 13.0. The number of thiol groups is 1. The summed E-state index contributed by atoms with van der Waals surface area (Å²) in [6.07, 6.45) is 2.85. The van der Waals surface area contributed by atoms with Crippen LogP contribution in [0.15, 0.2) is 30.3 Å². The molecule has 0 unspecified atom stereocenters. The zero-order valence-electron chi connectivity index (χ0n) is 15.1. The van der Waals surface area contributed by atoms with Crippen LogP contribution in [0.4, 0.5) is 0 Å². The number of amides is 2. The molecule has 0 aromatic heterocycles. The number of nitrogens with zero attached hydrogens (tertiary/aromatic N) is 2. The number of carbonyl (C=O) groups excluding carboxylic acids is 2. The van der Waals surface area contributed by atoms with E-state index in [4.69, 9.17) is 0 Å². The van der Waals surface area contributed by atoms with Crippen LogP contribution in [-0.2, 0) is 20.8 Å². The Kier molecular flexibility index (Phi) is 6.38. The highest BCUT2D eigenvalue weighted by Gasteiger charge is 2.42. The molecule has 1 aromatic rings. The van der Waals surface area contributed by atoms with Gasteiger partial charge >= 0.3 is 5.97 Å². The molecule has 0 spiro atoms. The lowest BCUT2D eigenvalue weighted by Crippen LogP contribution is -2.61. The average molecular weight is 391 g/mol. The fraction of sp³-hybridized carbons (Fsp3) is 0.526. The normalized spacial score (nSPS) is 24.6. The highest BCUT2D eigenvalue weighted by atomic mass is 32.1. The van der Waals surface area contributed by atoms with Gasteiger partial charge in [-0.3, -0.25) is 14.6 Å². The molecule has 2 fully saturated rings. The predicted molar refractivity (Wildman–Crippen MR) is 103 cm³/mol. The molecule has 3 atom stereocenters. The van der Waals surface area contributed by atoms with Crippen molar-refractivity contribution in [2.45, 2.75) is 49.4 Å². The number of benzene rings is 1. The van der Waals surface area contributed by atoms with Crippen molar-refractivity contribution in [3.8, 4) is 0 Å². The van der Waals surface area contributed by atoms with E-state index in [9.17, 15) is 19.5 Å². The van der Waals surface area contributed by atoms with E-state index >= 15 is 0 Å². The second kappa shape index (κ2) is 8.75. The SMILES string of the molecule is O=C(N[C@H]1CCCN2CCC[C@@H](C(=O)O)N2C1=O)[C@@H](S)Cc1ccccc1. The van der Waals surface area contributed by atoms with Crippen LogP contribution in [0, 0.1) is 0 Å². The van der Waals surface area contributed by atoms with Gasteiger partial charge in [0.15, 0.2) is 0 Å². The maximum Gasteiger partial charge on any atom is 0.328 e. The van der Waals surface area contributed by atoms with Crippen molar-refractivity contribution in [2.75, 3.05) is 13.1 Å². The largest absolute Gasteiger partial charge is 0.480 e. The summed E-state index contributed by atoms with van der Waals surface area (Å²) >= 11 is 4.39. The molecule has 0 saturated carbocycles. The maximum atomic E-state index is 13.0. The lowest BCUT2D eigenvalue weighted by molar-refractivity contribution is -0.174. The van der Waals surface area contributed by atoms with Crippen LogP contribution >= 0.6 is 12.6 Å². The monoisotopic (exact) mass is 391 g/mol. The molecule has 0 aliphatic carbocycles. The molecule has 2 amide bonds. The molecule has 146 valence electrons. The minimum atomic E-state index is -1.00. The number of hydrazine groups is 1. The quantitative estimate of drug-likeness (QED) is 0.654. The molecule has 2 N–H and O–H groups in total. The second-order valence-corrected chi connectivity index (χ2v) is 7.67. The lowest BCUT2D eigenvalue weighted by atomic mass is 10.1. The minimum Gasteiger partial charge on any atom is -0.480 e. The molecule has 2 saturated heterocycles. The van der Waals surface area contributed by atoms with E-state index in [1.54, 1.807) is 0 Å². The van der Waals surface area contributed by atoms with Crippen LogP contribution in [0.2, 0.25) is 0 Å². The summed E-state index contributed by atoms with van der Waals surface area (Å²) in [5, 5.41) is 14.9. The molecule has 2 aliphatic rings. The minimum absolute atomic E-state index is 0.308. The van der Waals surface area contributed by atoms with Gasteiger partial charge in [0.05, 0.1) is 5.25 Å². The highest BCUT2D eigenvalue weighted by molar-refractivity contribution is 7.81. The Labute approximate surface area is 164 Å². The van der Waals surface area contributed by atoms with Crippen LogP contribution < -0.4 is 5.32 Å². The molecule has 0 bridgehead atoms. The van der Waals surface area contributed by atoms with E-state index in [0.29, 0.717) is 32.4 Å². The first-order chi connectivity index (χ1) is 13.0. The summed E-state index contributed by atoms with van der Waals surface area (Å²) in [4.78, 5) is 37.1. The molecular weight excluding hydrogens is 366 g/mol. The van der Waals surface area contributed by atoms with Gasteiger partial charge in [0.2, 0.25) is 5.91 Å². The van der Waals surface area contributed by atoms with Gasteiger partial charge in [-0.1, -0.05) is 30.3 Å². The first kappa shape index (κ1) is 19.7. The van der Waals surface area contributed by atoms with E-state index in [1.165, 1.54) is 5.01 Å². The topological polar surface area (TPSA) is 89.9 Å². The van der Waals surface area contributed by atoms with Gasteiger partial charge < -0.3 is 10.4 Å². The van der Waals surface area contributed by atoms with E-state index in [0.717, 1.165) is 18.4 Å². The zero-order chi connectivity index (χ0) is 19.4. The first-order valence-electron chi connectivity index (χ1n) is 9.30. The number of fused-ring (bicyclic) bond motifs is 1. The van der Waals surface area contributed by atoms with Crippen LogP contribution in [-0.4, -0.2) is 63.3 Å². The Balaban J connectivity index is 1.67. The van der Waals surface area contributed by atoms with Gasteiger partial charge in [-0.15, -0.1) is 0 Å². The summed E-state index contributed by atoms with van der Waals surface area (Å²) in [6, 6.07) is 7.99. The fourth-order valence-corrected chi connectivity index (χ4v) is 4.01. The Bertz CT molecular complexity index is 699. The number of carboxylic acid groups (broad SMARTS) is 1. The van der Waals surface area contributed by atoms with Crippen molar-refractivity contribution in [2.24, 2.45) is 0 Å². The number of nitrogens with one attached hydrogen (secondary N) is 1. The molecule has 8 heteroatoms. The van der Waals surface area contributed by atoms with Crippen molar-refractivity contribution in [3.63, 3.8) is 0 Å². The molecule has 7 nitrogen and oxygen atoms in total. The van der Waals surface area contributed by atoms with Gasteiger partial charge in [0.25, 0.3) is 5.91 Å². The highest BCUT2D eigenvalue weighted by Crippen LogP contribution is 2.24. The van der Waals surface area contributed by atoms with E-state index < -0.39 is 23.3 Å². The van der Waals surface area contributed by atoms with E-state index in [1.807, 2.05) is 35.3 Å². The zero-order valence-corrected chi connectivity index (χ0v) is 16.0. The van der Waals surface area contributed by atoms with Crippen molar-refractivity contribution >= 4 is 30.4 Å². The van der Waals surface area contributed by atoms with Crippen molar-refractivity contribution in [1.29, 1.82) is 0 Å². The molecule has 2 aliphatic heterocycles. The summed E-state index contributed by atoms with van der Waals surface area (Å²) in [5.41, 5.74) is 0.994. The van der Waals surface area contributed by atoms with E-state index in [-0.39, 0.29) is 11.8 Å². The average Bonchev–Trinajstić information content (AvgIpc) is 2.81. The Morgan fingerprint density at radius 3 is 2.52 bits per heavy atom. The number of rotatable bonds is 5. The third kappa shape index (κ3) is 4.62. The smallest absolute Gasteiger partial charge is 0.328 e. The molecule has 3 rings (SSSR count). The third-order valence-corrected chi connectivity index (χ3v) is 5.52. The van der Waals surface area contributed by atoms with Crippen LogP contribution in [0.25, 0.3) is 0 Å². The standard InChI is InChI=1S/C19H25N3O4S/c23-17(16(27)12-13-6-2-1-3-7-13)20-14-8-4-10-21-11-5-9-15(19(25)26)22(21)18(14)24/h1-3,6-7,14-16,27H,4-5,8-12H2,(H,20,23)(H,25,26)/t14-,15-,16-/m0/s1. The number of aliphatic carboxylic acids is 1. The Hall–Kier alpha value is -2.06. The first-order valence-corrected chi connectivity index (χ1v) is 9.82. The number of hydrogen-bond donors (Lipinski definition) is 3. The molecule has 27 heavy (non-hydrogen) atoms. The Morgan fingerprint density at radius 2 is 1.85 bits per heavy atom. The van der Waals surface area contributed by atoms with E-state index in [2.05, 4.69) is 17.9 Å². The molecular formula is C19H25N3O4S. The van der Waals surface area contributed by atoms with Gasteiger partial charge in [-0.25, -0.2) is 9.80 Å². The van der Waals surface area contributed by atoms with Crippen molar-refractivity contribution in [1.82, 2.24) is 15.3 Å². The second-order valence-electron chi connectivity index (χ2n) is 7.04. The van der Waals surface area contributed by atoms with Crippen LogP contribution in [0.5, 0.6) is 0 Å². The fourth-order valence-electron chi connectivity index (χ4n) is 3.73. The molecule has 0 radical (unpaired) electrons. The number of carboxylic acids is 1.